The number of carbonyl (C=O) groups excluding carboxylic acids is 1. The molecule has 1 heterocycles. The van der Waals surface area contributed by atoms with Gasteiger partial charge in [0.05, 0.1) is 16.3 Å². The summed E-state index contributed by atoms with van der Waals surface area (Å²) in [6, 6.07) is 24.0. The van der Waals surface area contributed by atoms with E-state index in [1.165, 1.54) is 11.8 Å². The summed E-state index contributed by atoms with van der Waals surface area (Å²) >= 11 is 1.42. The number of hydrogen-bond acceptors (Lipinski definition) is 4. The van der Waals surface area contributed by atoms with E-state index in [9.17, 15) is 4.79 Å². The number of anilines is 2. The zero-order valence-electron chi connectivity index (χ0n) is 18.2. The number of aliphatic imine (C=N–C) groups is 1. The van der Waals surface area contributed by atoms with E-state index in [0.717, 1.165) is 33.8 Å². The van der Waals surface area contributed by atoms with E-state index in [1.807, 2.05) is 94.7 Å². The Morgan fingerprint density at radius 2 is 1.52 bits per heavy atom. The van der Waals surface area contributed by atoms with Gasteiger partial charge in [-0.25, -0.2) is 4.99 Å². The molecule has 1 aliphatic rings. The van der Waals surface area contributed by atoms with Crippen molar-refractivity contribution in [2.45, 2.75) is 13.8 Å². The lowest BCUT2D eigenvalue weighted by molar-refractivity contribution is -0.113. The number of thioether (sulfide) groups is 1. The molecule has 1 saturated heterocycles. The molecule has 0 saturated carbocycles. The third kappa shape index (κ3) is 4.42. The van der Waals surface area contributed by atoms with Crippen molar-refractivity contribution in [1.29, 1.82) is 0 Å². The SMILES string of the molecule is Cc1cccc(C)c1N=C1S/C(=C\c2ccc(N(C)C)cc2)C(=O)N1c1ccccc1. The molecule has 3 aromatic carbocycles. The van der Waals surface area contributed by atoms with Gasteiger partial charge in [-0.05, 0) is 72.6 Å². The van der Waals surface area contributed by atoms with Crippen molar-refractivity contribution in [3.8, 4) is 0 Å². The second-order valence-corrected chi connectivity index (χ2v) is 8.72. The number of hydrogen-bond donors (Lipinski definition) is 0. The molecule has 4 rings (SSSR count). The number of amidine groups is 1. The molecule has 0 aromatic heterocycles. The van der Waals surface area contributed by atoms with Crippen molar-refractivity contribution in [3.63, 3.8) is 0 Å². The molecule has 1 aliphatic heterocycles. The average Bonchev–Trinajstić information content (AvgIpc) is 3.06. The lowest BCUT2D eigenvalue weighted by Crippen LogP contribution is -2.28. The molecule has 0 spiro atoms. The number of aryl methyl sites for hydroxylation is 2. The predicted octanol–water partition coefficient (Wildman–Crippen LogP) is 6.18. The molecule has 0 bridgehead atoms. The number of amides is 1. The van der Waals surface area contributed by atoms with Gasteiger partial charge in [-0.3, -0.25) is 9.69 Å². The summed E-state index contributed by atoms with van der Waals surface area (Å²) in [6.07, 6.45) is 1.94. The third-order valence-corrected chi connectivity index (χ3v) is 6.14. The highest BCUT2D eigenvalue weighted by Gasteiger charge is 2.34. The van der Waals surface area contributed by atoms with E-state index in [4.69, 9.17) is 4.99 Å². The molecular formula is C26H25N3OS. The molecule has 0 N–H and O–H groups in total. The first-order chi connectivity index (χ1) is 14.9. The zero-order valence-corrected chi connectivity index (χ0v) is 19.0. The van der Waals surface area contributed by atoms with Crippen molar-refractivity contribution < 1.29 is 4.79 Å². The highest BCUT2D eigenvalue weighted by atomic mass is 32.2. The molecule has 3 aromatic rings. The summed E-state index contributed by atoms with van der Waals surface area (Å²) in [4.78, 5) is 22.8. The van der Waals surface area contributed by atoms with Crippen LogP contribution in [-0.2, 0) is 4.79 Å². The van der Waals surface area contributed by atoms with E-state index in [2.05, 4.69) is 17.0 Å². The average molecular weight is 428 g/mol. The van der Waals surface area contributed by atoms with E-state index in [0.29, 0.717) is 10.1 Å². The molecule has 0 radical (unpaired) electrons. The monoisotopic (exact) mass is 427 g/mol. The minimum atomic E-state index is -0.0575. The molecule has 31 heavy (non-hydrogen) atoms. The first kappa shape index (κ1) is 20.9. The summed E-state index contributed by atoms with van der Waals surface area (Å²) in [6.45, 7) is 4.09. The highest BCUT2D eigenvalue weighted by Crippen LogP contribution is 2.38. The Labute approximate surface area is 187 Å². The Morgan fingerprint density at radius 3 is 2.13 bits per heavy atom. The number of benzene rings is 3. The van der Waals surface area contributed by atoms with Gasteiger partial charge in [-0.1, -0.05) is 48.5 Å². The Bertz CT molecular complexity index is 1140. The zero-order chi connectivity index (χ0) is 22.0. The molecule has 4 nitrogen and oxygen atoms in total. The second kappa shape index (κ2) is 8.82. The Morgan fingerprint density at radius 1 is 0.871 bits per heavy atom. The van der Waals surface area contributed by atoms with E-state index in [1.54, 1.807) is 4.90 Å². The van der Waals surface area contributed by atoms with Gasteiger partial charge in [-0.15, -0.1) is 0 Å². The van der Waals surface area contributed by atoms with Crippen LogP contribution in [0.4, 0.5) is 17.1 Å². The van der Waals surface area contributed by atoms with Gasteiger partial charge < -0.3 is 4.90 Å². The minimum Gasteiger partial charge on any atom is -0.378 e. The van der Waals surface area contributed by atoms with Crippen LogP contribution in [0.1, 0.15) is 16.7 Å². The molecule has 0 unspecified atom stereocenters. The fraction of sp³-hybridized carbons (Fsp3) is 0.154. The summed E-state index contributed by atoms with van der Waals surface area (Å²) in [5.74, 6) is -0.0575. The Hall–Kier alpha value is -3.31. The first-order valence-corrected chi connectivity index (χ1v) is 11.0. The van der Waals surface area contributed by atoms with Gasteiger partial charge >= 0.3 is 0 Å². The molecular weight excluding hydrogens is 402 g/mol. The summed E-state index contributed by atoms with van der Waals surface area (Å²) in [7, 11) is 4.02. The van der Waals surface area contributed by atoms with Crippen LogP contribution in [0.5, 0.6) is 0 Å². The van der Waals surface area contributed by atoms with Crippen molar-refractivity contribution >= 4 is 46.0 Å². The van der Waals surface area contributed by atoms with Gasteiger partial charge in [0.25, 0.3) is 5.91 Å². The normalized spacial score (nSPS) is 16.4. The number of para-hydroxylation sites is 2. The largest absolute Gasteiger partial charge is 0.378 e. The maximum atomic E-state index is 13.4. The summed E-state index contributed by atoms with van der Waals surface area (Å²) in [5, 5.41) is 0.671. The molecule has 0 aliphatic carbocycles. The predicted molar refractivity (Wildman–Crippen MR) is 133 cm³/mol. The summed E-state index contributed by atoms with van der Waals surface area (Å²) < 4.78 is 0. The van der Waals surface area contributed by atoms with Gasteiger partial charge in [-0.2, -0.15) is 0 Å². The van der Waals surface area contributed by atoms with Crippen LogP contribution in [0.15, 0.2) is 82.7 Å². The van der Waals surface area contributed by atoms with Gasteiger partial charge in [0.1, 0.15) is 0 Å². The first-order valence-electron chi connectivity index (χ1n) is 10.2. The number of rotatable bonds is 4. The van der Waals surface area contributed by atoms with Crippen LogP contribution in [0.2, 0.25) is 0 Å². The quantitative estimate of drug-likeness (QED) is 0.467. The maximum absolute atomic E-state index is 13.4. The van der Waals surface area contributed by atoms with Crippen LogP contribution in [0, 0.1) is 13.8 Å². The fourth-order valence-corrected chi connectivity index (χ4v) is 4.44. The summed E-state index contributed by atoms with van der Waals surface area (Å²) in [5.41, 5.74) is 6.01. The van der Waals surface area contributed by atoms with Crippen LogP contribution in [0.3, 0.4) is 0 Å². The lowest BCUT2D eigenvalue weighted by Gasteiger charge is -2.16. The van der Waals surface area contributed by atoms with Crippen molar-refractivity contribution in [2.24, 2.45) is 4.99 Å². The fourth-order valence-electron chi connectivity index (χ4n) is 3.45. The molecule has 156 valence electrons. The Kier molecular flexibility index (Phi) is 5.96. The number of carbonyl (C=O) groups is 1. The third-order valence-electron chi connectivity index (χ3n) is 5.17. The van der Waals surface area contributed by atoms with Gasteiger partial charge in [0.2, 0.25) is 0 Å². The van der Waals surface area contributed by atoms with Crippen molar-refractivity contribution in [3.05, 3.63) is 94.4 Å². The Balaban J connectivity index is 1.77. The molecule has 1 fully saturated rings. The van der Waals surface area contributed by atoms with Gasteiger partial charge in [0.15, 0.2) is 5.17 Å². The number of nitrogens with zero attached hydrogens (tertiary/aromatic N) is 3. The highest BCUT2D eigenvalue weighted by molar-refractivity contribution is 8.19. The topological polar surface area (TPSA) is 35.9 Å². The van der Waals surface area contributed by atoms with Crippen LogP contribution in [0.25, 0.3) is 6.08 Å². The van der Waals surface area contributed by atoms with Crippen molar-refractivity contribution in [1.82, 2.24) is 0 Å². The molecule has 5 heteroatoms. The standard InChI is InChI=1S/C26H25N3OS/c1-18-9-8-10-19(2)24(18)27-26-29(22-11-6-5-7-12-22)25(30)23(31-26)17-20-13-15-21(16-14-20)28(3)4/h5-17H,1-4H3/b23-17-,27-26?. The molecule has 0 atom stereocenters. The van der Waals surface area contributed by atoms with Crippen LogP contribution >= 0.6 is 11.8 Å². The van der Waals surface area contributed by atoms with Crippen LogP contribution < -0.4 is 9.80 Å². The lowest BCUT2D eigenvalue weighted by atomic mass is 10.1. The minimum absolute atomic E-state index is 0.0575. The van der Waals surface area contributed by atoms with Crippen LogP contribution in [-0.4, -0.2) is 25.2 Å². The maximum Gasteiger partial charge on any atom is 0.271 e. The van der Waals surface area contributed by atoms with E-state index in [-0.39, 0.29) is 5.91 Å². The van der Waals surface area contributed by atoms with E-state index >= 15 is 0 Å². The molecule has 1 amide bonds. The second-order valence-electron chi connectivity index (χ2n) is 7.71. The van der Waals surface area contributed by atoms with Crippen molar-refractivity contribution in [2.75, 3.05) is 23.9 Å². The smallest absolute Gasteiger partial charge is 0.271 e. The van der Waals surface area contributed by atoms with E-state index < -0.39 is 0 Å². The van der Waals surface area contributed by atoms with Gasteiger partial charge in [0, 0.05) is 19.8 Å².